The van der Waals surface area contributed by atoms with Gasteiger partial charge in [0.2, 0.25) is 5.16 Å². The Labute approximate surface area is 123 Å². The maximum Gasteiger partial charge on any atom is 0.208 e. The van der Waals surface area contributed by atoms with Crippen LogP contribution in [0.15, 0.2) is 27.8 Å². The molecule has 0 aliphatic rings. The molecule has 7 heteroatoms. The molecule has 19 heavy (non-hydrogen) atoms. The summed E-state index contributed by atoms with van der Waals surface area (Å²) in [4.78, 5) is 4.40. The van der Waals surface area contributed by atoms with Gasteiger partial charge in [0, 0.05) is 17.9 Å². The van der Waals surface area contributed by atoms with Crippen LogP contribution in [-0.4, -0.2) is 39.8 Å². The molecule has 0 saturated heterocycles. The summed E-state index contributed by atoms with van der Waals surface area (Å²) in [5, 5.41) is 16.5. The van der Waals surface area contributed by atoms with Crippen LogP contribution in [0.3, 0.4) is 0 Å². The molecule has 0 fully saturated rings. The Kier molecular flexibility index (Phi) is 5.24. The molecule has 0 atom stereocenters. The van der Waals surface area contributed by atoms with Gasteiger partial charge in [-0.25, -0.2) is 4.98 Å². The van der Waals surface area contributed by atoms with Crippen LogP contribution in [0.4, 0.5) is 0 Å². The fraction of sp³-hybridized carbons (Fsp3) is 0.333. The van der Waals surface area contributed by atoms with Gasteiger partial charge >= 0.3 is 0 Å². The van der Waals surface area contributed by atoms with Crippen molar-refractivity contribution in [2.24, 2.45) is 0 Å². The van der Waals surface area contributed by atoms with E-state index in [4.69, 9.17) is 9.84 Å². The van der Waals surface area contributed by atoms with Gasteiger partial charge in [-0.15, -0.1) is 5.10 Å². The van der Waals surface area contributed by atoms with Crippen molar-refractivity contribution in [2.45, 2.75) is 11.6 Å². The number of methoxy groups -OCH3 is 1. The van der Waals surface area contributed by atoms with E-state index in [9.17, 15) is 0 Å². The highest BCUT2D eigenvalue weighted by atomic mass is 79.9. The molecule has 2 N–H and O–H groups in total. The summed E-state index contributed by atoms with van der Waals surface area (Å²) in [5.74, 6) is 2.30. The molecule has 0 aliphatic carbocycles. The fourth-order valence-electron chi connectivity index (χ4n) is 1.48. The Bertz CT molecular complexity index is 548. The number of aromatic nitrogens is 3. The van der Waals surface area contributed by atoms with E-state index in [1.54, 1.807) is 7.11 Å². The van der Waals surface area contributed by atoms with Gasteiger partial charge in [0.15, 0.2) is 5.82 Å². The van der Waals surface area contributed by atoms with Gasteiger partial charge in [0.1, 0.15) is 5.75 Å². The molecular formula is C12H14BrN3O2S. The van der Waals surface area contributed by atoms with E-state index in [2.05, 4.69) is 31.1 Å². The number of halogens is 1. The highest BCUT2D eigenvalue weighted by Crippen LogP contribution is 2.29. The maximum absolute atomic E-state index is 8.73. The summed E-state index contributed by atoms with van der Waals surface area (Å²) in [7, 11) is 1.63. The number of rotatable bonds is 6. The van der Waals surface area contributed by atoms with Gasteiger partial charge in [-0.1, -0.05) is 11.8 Å². The molecule has 2 rings (SSSR count). The summed E-state index contributed by atoms with van der Waals surface area (Å²) in [6.45, 7) is 0.190. The number of aliphatic hydroxyl groups excluding tert-OH is 1. The molecule has 0 radical (unpaired) electrons. The molecule has 102 valence electrons. The first-order chi connectivity index (χ1) is 9.24. The molecule has 5 nitrogen and oxygen atoms in total. The molecular weight excluding hydrogens is 330 g/mol. The fourth-order valence-corrected chi connectivity index (χ4v) is 2.74. The van der Waals surface area contributed by atoms with Crippen LogP contribution < -0.4 is 4.74 Å². The van der Waals surface area contributed by atoms with Crippen molar-refractivity contribution in [2.75, 3.05) is 19.5 Å². The minimum absolute atomic E-state index is 0.190. The van der Waals surface area contributed by atoms with Crippen LogP contribution in [-0.2, 0) is 0 Å². The maximum atomic E-state index is 8.73. The zero-order valence-corrected chi connectivity index (χ0v) is 12.8. The first-order valence-corrected chi connectivity index (χ1v) is 7.52. The highest BCUT2D eigenvalue weighted by molar-refractivity contribution is 9.10. The van der Waals surface area contributed by atoms with Gasteiger partial charge in [-0.2, -0.15) is 0 Å². The number of aliphatic hydroxyl groups is 1. The molecule has 0 aliphatic heterocycles. The Morgan fingerprint density at radius 3 is 3.00 bits per heavy atom. The van der Waals surface area contributed by atoms with Crippen molar-refractivity contribution in [1.82, 2.24) is 15.2 Å². The molecule has 0 unspecified atom stereocenters. The van der Waals surface area contributed by atoms with Crippen molar-refractivity contribution in [3.05, 3.63) is 22.7 Å². The van der Waals surface area contributed by atoms with Gasteiger partial charge in [0.25, 0.3) is 0 Å². The average molecular weight is 344 g/mol. The quantitative estimate of drug-likeness (QED) is 0.623. The number of aromatic amines is 1. The SMILES string of the molecule is COc1ccc(-c2nc(SCCCO)n[nH]2)cc1Br. The third kappa shape index (κ3) is 3.71. The zero-order valence-electron chi connectivity index (χ0n) is 10.4. The molecule has 1 aromatic carbocycles. The second-order valence-electron chi connectivity index (χ2n) is 3.74. The largest absolute Gasteiger partial charge is 0.496 e. The second-order valence-corrected chi connectivity index (χ2v) is 5.66. The van der Waals surface area contributed by atoms with Crippen LogP contribution in [0.1, 0.15) is 6.42 Å². The Balaban J connectivity index is 2.11. The summed E-state index contributed by atoms with van der Waals surface area (Å²) in [6.07, 6.45) is 0.739. The normalized spacial score (nSPS) is 10.7. The van der Waals surface area contributed by atoms with Crippen LogP contribution in [0, 0.1) is 0 Å². The second kappa shape index (κ2) is 6.93. The number of nitrogens with one attached hydrogen (secondary N) is 1. The van der Waals surface area contributed by atoms with Gasteiger partial charge in [-0.05, 0) is 40.5 Å². The van der Waals surface area contributed by atoms with Crippen molar-refractivity contribution in [1.29, 1.82) is 0 Å². The molecule has 0 spiro atoms. The lowest BCUT2D eigenvalue weighted by atomic mass is 10.2. The molecule has 0 amide bonds. The topological polar surface area (TPSA) is 71.0 Å². The summed E-state index contributed by atoms with van der Waals surface area (Å²) in [5.41, 5.74) is 0.939. The van der Waals surface area contributed by atoms with Crippen molar-refractivity contribution in [3.8, 4) is 17.1 Å². The van der Waals surface area contributed by atoms with Crippen molar-refractivity contribution < 1.29 is 9.84 Å². The molecule has 1 aromatic heterocycles. The third-order valence-electron chi connectivity index (χ3n) is 2.42. The number of nitrogens with zero attached hydrogens (tertiary/aromatic N) is 2. The van der Waals surface area contributed by atoms with E-state index in [1.165, 1.54) is 11.8 Å². The van der Waals surface area contributed by atoms with Crippen LogP contribution >= 0.6 is 27.7 Å². The molecule has 0 bridgehead atoms. The van der Waals surface area contributed by atoms with Gasteiger partial charge < -0.3 is 9.84 Å². The lowest BCUT2D eigenvalue weighted by Crippen LogP contribution is -1.87. The lowest BCUT2D eigenvalue weighted by molar-refractivity contribution is 0.296. The minimum atomic E-state index is 0.190. The molecule has 2 aromatic rings. The van der Waals surface area contributed by atoms with Crippen LogP contribution in [0.5, 0.6) is 5.75 Å². The number of hydrogen-bond donors (Lipinski definition) is 2. The lowest BCUT2D eigenvalue weighted by Gasteiger charge is -2.03. The van der Waals surface area contributed by atoms with E-state index in [0.29, 0.717) is 5.16 Å². The molecule has 1 heterocycles. The number of hydrogen-bond acceptors (Lipinski definition) is 5. The van der Waals surface area contributed by atoms with Crippen LogP contribution in [0.25, 0.3) is 11.4 Å². The Morgan fingerprint density at radius 1 is 1.47 bits per heavy atom. The standard InChI is InChI=1S/C12H14BrN3O2S/c1-18-10-4-3-8(7-9(10)13)11-14-12(16-15-11)19-6-2-5-17/h3-4,7,17H,2,5-6H2,1H3,(H,14,15,16). The monoisotopic (exact) mass is 343 g/mol. The predicted molar refractivity (Wildman–Crippen MR) is 78.5 cm³/mol. The molecule has 0 saturated carbocycles. The third-order valence-corrected chi connectivity index (χ3v) is 3.98. The van der Waals surface area contributed by atoms with E-state index in [1.807, 2.05) is 18.2 Å². The van der Waals surface area contributed by atoms with E-state index in [-0.39, 0.29) is 6.61 Å². The smallest absolute Gasteiger partial charge is 0.208 e. The summed E-state index contributed by atoms with van der Waals surface area (Å²) < 4.78 is 6.06. The number of ether oxygens (including phenoxy) is 1. The highest BCUT2D eigenvalue weighted by Gasteiger charge is 2.08. The Morgan fingerprint density at radius 2 is 2.32 bits per heavy atom. The Hall–Kier alpha value is -1.05. The van der Waals surface area contributed by atoms with E-state index >= 15 is 0 Å². The first-order valence-electron chi connectivity index (χ1n) is 5.74. The van der Waals surface area contributed by atoms with Gasteiger partial charge in [0.05, 0.1) is 11.6 Å². The number of H-pyrrole nitrogens is 1. The van der Waals surface area contributed by atoms with Gasteiger partial charge in [-0.3, -0.25) is 5.10 Å². The first kappa shape index (κ1) is 14.4. The summed E-state index contributed by atoms with van der Waals surface area (Å²) in [6, 6.07) is 5.73. The predicted octanol–water partition coefficient (Wildman–Crippen LogP) is 2.72. The van der Waals surface area contributed by atoms with E-state index in [0.717, 1.165) is 33.8 Å². The van der Waals surface area contributed by atoms with E-state index < -0.39 is 0 Å². The number of thioether (sulfide) groups is 1. The van der Waals surface area contributed by atoms with Crippen LogP contribution in [0.2, 0.25) is 0 Å². The minimum Gasteiger partial charge on any atom is -0.496 e. The zero-order chi connectivity index (χ0) is 13.7. The summed E-state index contributed by atoms with van der Waals surface area (Å²) >= 11 is 4.97. The average Bonchev–Trinajstić information content (AvgIpc) is 2.88. The number of benzene rings is 1. The van der Waals surface area contributed by atoms with Crippen molar-refractivity contribution in [3.63, 3.8) is 0 Å². The van der Waals surface area contributed by atoms with Crippen molar-refractivity contribution >= 4 is 27.7 Å².